The number of benzene rings is 2. The summed E-state index contributed by atoms with van der Waals surface area (Å²) in [5.41, 5.74) is 7.82. The normalized spacial score (nSPS) is 13.6. The highest BCUT2D eigenvalue weighted by molar-refractivity contribution is 9.10. The van der Waals surface area contributed by atoms with E-state index in [-0.39, 0.29) is 11.9 Å². The van der Waals surface area contributed by atoms with Gasteiger partial charge in [0.2, 0.25) is 5.91 Å². The third-order valence-electron chi connectivity index (χ3n) is 3.17. The Hall–Kier alpha value is -1.65. The number of amides is 1. The van der Waals surface area contributed by atoms with Crippen LogP contribution in [0.5, 0.6) is 0 Å². The molecule has 0 aromatic heterocycles. The molecule has 2 aromatic carbocycles. The maximum Gasteiger partial charge on any atom is 0.241 e. The Labute approximate surface area is 127 Å². The summed E-state index contributed by atoms with van der Waals surface area (Å²) >= 11 is 3.49. The number of carbonyl (C=O) groups is 1. The minimum Gasteiger partial charge on any atom is -0.348 e. The van der Waals surface area contributed by atoms with Gasteiger partial charge in [-0.15, -0.1) is 0 Å². The van der Waals surface area contributed by atoms with Gasteiger partial charge >= 0.3 is 0 Å². The highest BCUT2D eigenvalue weighted by Gasteiger charge is 2.18. The lowest BCUT2D eigenvalue weighted by Crippen LogP contribution is -2.35. The van der Waals surface area contributed by atoms with E-state index in [1.165, 1.54) is 0 Å². The number of hydrogen-bond acceptors (Lipinski definition) is 2. The first-order chi connectivity index (χ1) is 9.59. The maximum absolute atomic E-state index is 12.2. The molecule has 0 aliphatic heterocycles. The maximum atomic E-state index is 12.2. The van der Waals surface area contributed by atoms with E-state index in [1.54, 1.807) is 0 Å². The van der Waals surface area contributed by atoms with Crippen LogP contribution in [0.4, 0.5) is 0 Å². The van der Waals surface area contributed by atoms with Crippen molar-refractivity contribution in [1.82, 2.24) is 5.32 Å². The number of carbonyl (C=O) groups excluding carboxylic acids is 1. The van der Waals surface area contributed by atoms with Gasteiger partial charge < -0.3 is 11.1 Å². The molecule has 0 heterocycles. The number of nitrogens with one attached hydrogen (secondary N) is 1. The van der Waals surface area contributed by atoms with Crippen molar-refractivity contribution in [2.24, 2.45) is 5.73 Å². The lowest BCUT2D eigenvalue weighted by Gasteiger charge is -2.19. The van der Waals surface area contributed by atoms with Crippen molar-refractivity contribution in [3.05, 3.63) is 70.2 Å². The largest absolute Gasteiger partial charge is 0.348 e. The van der Waals surface area contributed by atoms with E-state index in [1.807, 2.05) is 61.5 Å². The number of nitrogens with two attached hydrogens (primary N) is 1. The van der Waals surface area contributed by atoms with E-state index in [0.717, 1.165) is 15.6 Å². The molecule has 2 atom stereocenters. The molecule has 1 unspecified atom stereocenters. The second-order valence-corrected chi connectivity index (χ2v) is 5.49. The number of rotatable bonds is 4. The van der Waals surface area contributed by atoms with Gasteiger partial charge in [0.25, 0.3) is 0 Å². The fourth-order valence-corrected chi connectivity index (χ4v) is 2.65. The first-order valence-corrected chi connectivity index (χ1v) is 7.24. The molecule has 2 aromatic rings. The van der Waals surface area contributed by atoms with E-state index in [9.17, 15) is 4.79 Å². The summed E-state index contributed by atoms with van der Waals surface area (Å²) in [4.78, 5) is 12.2. The van der Waals surface area contributed by atoms with Gasteiger partial charge in [0.15, 0.2) is 0 Å². The second-order valence-electron chi connectivity index (χ2n) is 4.64. The molecule has 0 saturated heterocycles. The fraction of sp³-hybridized carbons (Fsp3) is 0.188. The summed E-state index contributed by atoms with van der Waals surface area (Å²) in [6, 6.07) is 16.4. The summed E-state index contributed by atoms with van der Waals surface area (Å²) in [5.74, 6) is -0.181. The summed E-state index contributed by atoms with van der Waals surface area (Å²) in [7, 11) is 0. The molecule has 20 heavy (non-hydrogen) atoms. The van der Waals surface area contributed by atoms with Gasteiger partial charge in [-0.3, -0.25) is 4.79 Å². The lowest BCUT2D eigenvalue weighted by atomic mass is 10.1. The van der Waals surface area contributed by atoms with Crippen molar-refractivity contribution in [2.75, 3.05) is 0 Å². The Morgan fingerprint density at radius 1 is 1.10 bits per heavy atom. The smallest absolute Gasteiger partial charge is 0.241 e. The predicted molar refractivity (Wildman–Crippen MR) is 84.1 cm³/mol. The van der Waals surface area contributed by atoms with Gasteiger partial charge in [-0.1, -0.05) is 64.5 Å². The SMILES string of the molecule is C[C@H](NC(=O)C(N)c1ccccc1)c1ccccc1Br. The van der Waals surface area contributed by atoms with Gasteiger partial charge in [0, 0.05) is 4.47 Å². The highest BCUT2D eigenvalue weighted by atomic mass is 79.9. The van der Waals surface area contributed by atoms with Crippen LogP contribution in [0.25, 0.3) is 0 Å². The summed E-state index contributed by atoms with van der Waals surface area (Å²) < 4.78 is 0.973. The molecule has 0 bridgehead atoms. The minimum atomic E-state index is -0.652. The third-order valence-corrected chi connectivity index (χ3v) is 3.89. The van der Waals surface area contributed by atoms with Crippen LogP contribution in [0.2, 0.25) is 0 Å². The van der Waals surface area contributed by atoms with Crippen LogP contribution in [0.1, 0.15) is 30.1 Å². The average Bonchev–Trinajstić information content (AvgIpc) is 2.47. The van der Waals surface area contributed by atoms with Gasteiger partial charge in [-0.2, -0.15) is 0 Å². The number of hydrogen-bond donors (Lipinski definition) is 2. The highest BCUT2D eigenvalue weighted by Crippen LogP contribution is 2.23. The molecule has 3 nitrogen and oxygen atoms in total. The topological polar surface area (TPSA) is 55.1 Å². The van der Waals surface area contributed by atoms with Crippen molar-refractivity contribution in [3.63, 3.8) is 0 Å². The van der Waals surface area contributed by atoms with E-state index >= 15 is 0 Å². The Bertz CT molecular complexity index is 586. The van der Waals surface area contributed by atoms with Crippen LogP contribution in [0, 0.1) is 0 Å². The van der Waals surface area contributed by atoms with Crippen molar-refractivity contribution in [2.45, 2.75) is 19.0 Å². The first-order valence-electron chi connectivity index (χ1n) is 6.45. The van der Waals surface area contributed by atoms with Crippen LogP contribution in [0.3, 0.4) is 0 Å². The standard InChI is InChI=1S/C16H17BrN2O/c1-11(13-9-5-6-10-14(13)17)19-16(20)15(18)12-7-3-2-4-8-12/h2-11,15H,18H2,1H3,(H,19,20)/t11-,15?/m0/s1. The van der Waals surface area contributed by atoms with Crippen LogP contribution in [-0.4, -0.2) is 5.91 Å². The van der Waals surface area contributed by atoms with Gasteiger partial charge in [-0.05, 0) is 24.1 Å². The van der Waals surface area contributed by atoms with Crippen molar-refractivity contribution < 1.29 is 4.79 Å². The van der Waals surface area contributed by atoms with Gasteiger partial charge in [-0.25, -0.2) is 0 Å². The molecule has 0 saturated carbocycles. The molecule has 0 radical (unpaired) electrons. The molecule has 0 aliphatic rings. The molecule has 0 spiro atoms. The van der Waals surface area contributed by atoms with Crippen molar-refractivity contribution in [3.8, 4) is 0 Å². The van der Waals surface area contributed by atoms with E-state index < -0.39 is 6.04 Å². The van der Waals surface area contributed by atoms with Crippen LogP contribution in [0.15, 0.2) is 59.1 Å². The summed E-state index contributed by atoms with van der Waals surface area (Å²) in [5, 5.41) is 2.94. The Morgan fingerprint density at radius 2 is 1.70 bits per heavy atom. The predicted octanol–water partition coefficient (Wildman–Crippen LogP) is 3.33. The fourth-order valence-electron chi connectivity index (χ4n) is 2.02. The van der Waals surface area contributed by atoms with Gasteiger partial charge in [0.05, 0.1) is 6.04 Å². The van der Waals surface area contributed by atoms with Crippen LogP contribution >= 0.6 is 15.9 Å². The van der Waals surface area contributed by atoms with E-state index in [0.29, 0.717) is 0 Å². The monoisotopic (exact) mass is 332 g/mol. The molecule has 104 valence electrons. The zero-order chi connectivity index (χ0) is 14.5. The molecule has 2 rings (SSSR count). The number of halogens is 1. The average molecular weight is 333 g/mol. The third kappa shape index (κ3) is 3.46. The second kappa shape index (κ2) is 6.68. The Balaban J connectivity index is 2.07. The molecule has 0 aliphatic carbocycles. The first kappa shape index (κ1) is 14.8. The molecule has 0 fully saturated rings. The quantitative estimate of drug-likeness (QED) is 0.902. The Kier molecular flexibility index (Phi) is 4.93. The van der Waals surface area contributed by atoms with Crippen LogP contribution in [-0.2, 0) is 4.79 Å². The van der Waals surface area contributed by atoms with E-state index in [2.05, 4.69) is 21.2 Å². The Morgan fingerprint density at radius 3 is 2.35 bits per heavy atom. The summed E-state index contributed by atoms with van der Waals surface area (Å²) in [6.45, 7) is 1.94. The van der Waals surface area contributed by atoms with Crippen molar-refractivity contribution >= 4 is 21.8 Å². The van der Waals surface area contributed by atoms with Crippen molar-refractivity contribution in [1.29, 1.82) is 0 Å². The minimum absolute atomic E-state index is 0.104. The molecule has 1 amide bonds. The molecule has 4 heteroatoms. The molecule has 3 N–H and O–H groups in total. The molecular weight excluding hydrogens is 316 g/mol. The molecular formula is C16H17BrN2O. The lowest BCUT2D eigenvalue weighted by molar-refractivity contribution is -0.123. The summed E-state index contributed by atoms with van der Waals surface area (Å²) in [6.07, 6.45) is 0. The zero-order valence-corrected chi connectivity index (χ0v) is 12.8. The van der Waals surface area contributed by atoms with Crippen LogP contribution < -0.4 is 11.1 Å². The van der Waals surface area contributed by atoms with Gasteiger partial charge in [0.1, 0.15) is 6.04 Å². The van der Waals surface area contributed by atoms with E-state index in [4.69, 9.17) is 5.73 Å². The zero-order valence-electron chi connectivity index (χ0n) is 11.2.